The van der Waals surface area contributed by atoms with E-state index in [1.54, 1.807) is 34.9 Å². The molecule has 0 fully saturated rings. The first-order valence-corrected chi connectivity index (χ1v) is 15.3. The molecule has 0 bridgehead atoms. The topological polar surface area (TPSA) is 79.6 Å². The van der Waals surface area contributed by atoms with Crippen LogP contribution in [0, 0.1) is 13.8 Å². The molecule has 1 unspecified atom stereocenters. The third-order valence-electron chi connectivity index (χ3n) is 7.15. The van der Waals surface area contributed by atoms with Crippen LogP contribution >= 0.6 is 34.7 Å². The smallest absolute Gasteiger partial charge is 0.265 e. The van der Waals surface area contributed by atoms with Gasteiger partial charge in [-0.1, -0.05) is 58.5 Å². The number of carboxylic acids is 1. The van der Waals surface area contributed by atoms with Crippen molar-refractivity contribution in [3.63, 3.8) is 0 Å². The normalized spacial score (nSPS) is 14.4. The summed E-state index contributed by atoms with van der Waals surface area (Å²) in [6.45, 7) is 6.12. The quantitative estimate of drug-likeness (QED) is 0.270. The van der Waals surface area contributed by atoms with Gasteiger partial charge in [0, 0.05) is 34.6 Å². The molecule has 1 aliphatic heterocycles. The first-order valence-electron chi connectivity index (χ1n) is 13.3. The van der Waals surface area contributed by atoms with Crippen LogP contribution in [0.15, 0.2) is 70.6 Å². The lowest BCUT2D eigenvalue weighted by Crippen LogP contribution is -2.48. The first kappa shape index (κ1) is 29.0. The fourth-order valence-electron chi connectivity index (χ4n) is 4.74. The van der Waals surface area contributed by atoms with Crippen LogP contribution in [0.3, 0.4) is 0 Å². The highest BCUT2D eigenvalue weighted by atomic mass is 35.5. The highest BCUT2D eigenvalue weighted by molar-refractivity contribution is 8.03. The minimum absolute atomic E-state index is 0.124. The van der Waals surface area contributed by atoms with Crippen molar-refractivity contribution in [2.24, 2.45) is 7.05 Å². The van der Waals surface area contributed by atoms with E-state index in [0.29, 0.717) is 5.02 Å². The van der Waals surface area contributed by atoms with Crippen molar-refractivity contribution in [3.05, 3.63) is 86.8 Å². The molecule has 1 amide bonds. The molecule has 0 saturated carbocycles. The van der Waals surface area contributed by atoms with Gasteiger partial charge in [-0.3, -0.25) is 4.79 Å². The van der Waals surface area contributed by atoms with Gasteiger partial charge in [-0.25, -0.2) is 0 Å². The number of carbonyl (C=O) groups excluding carboxylic acids is 2. The number of hydrogen-bond acceptors (Lipinski definition) is 7. The molecule has 5 rings (SSSR count). The number of amides is 1. The molecule has 0 radical (unpaired) electrons. The summed E-state index contributed by atoms with van der Waals surface area (Å²) in [5.74, 6) is -1.37. The molecule has 0 saturated heterocycles. The molecule has 1 aliphatic rings. The number of anilines is 2. The molecular weight excluding hydrogens is 576 g/mol. The maximum absolute atomic E-state index is 13.0. The molecule has 1 N–H and O–H groups in total. The number of aromatic nitrogens is 1. The maximum Gasteiger partial charge on any atom is 0.265 e. The van der Waals surface area contributed by atoms with Gasteiger partial charge in [0.2, 0.25) is 11.4 Å². The summed E-state index contributed by atoms with van der Waals surface area (Å²) in [6.07, 6.45) is 2.27. The van der Waals surface area contributed by atoms with Crippen LogP contribution in [0.4, 0.5) is 11.4 Å². The van der Waals surface area contributed by atoms with Gasteiger partial charge in [0.25, 0.3) is 5.01 Å². The highest BCUT2D eigenvalue weighted by Crippen LogP contribution is 2.47. The second-order valence-corrected chi connectivity index (χ2v) is 12.7. The van der Waals surface area contributed by atoms with E-state index in [0.717, 1.165) is 31.9 Å². The number of carbonyl (C=O) groups is 2. The molecule has 212 valence electrons. The monoisotopic (exact) mass is 606 g/mol. The Bertz CT molecular complexity index is 1650. The average Bonchev–Trinajstić information content (AvgIpc) is 3.44. The Kier molecular flexibility index (Phi) is 8.58. The molecule has 0 aliphatic carbocycles. The summed E-state index contributed by atoms with van der Waals surface area (Å²) in [4.78, 5) is 29.5. The van der Waals surface area contributed by atoms with Crippen molar-refractivity contribution in [2.75, 3.05) is 23.0 Å². The Hall–Kier alpha value is -3.53. The predicted molar refractivity (Wildman–Crippen MR) is 166 cm³/mol. The third kappa shape index (κ3) is 6.37. The number of rotatable bonds is 9. The van der Waals surface area contributed by atoms with Crippen LogP contribution in [0.1, 0.15) is 29.5 Å². The number of carboxylic acid groups (broad SMARTS) is 1. The van der Waals surface area contributed by atoms with Crippen LogP contribution < -0.4 is 24.8 Å². The zero-order valence-electron chi connectivity index (χ0n) is 23.3. The molecule has 1 aromatic heterocycles. The molecule has 41 heavy (non-hydrogen) atoms. The molecular formula is C31H31ClN4O3S2. The van der Waals surface area contributed by atoms with E-state index >= 15 is 0 Å². The van der Waals surface area contributed by atoms with Crippen molar-refractivity contribution in [2.45, 2.75) is 38.1 Å². The SMILES string of the molecule is Cc1ccc(N(CCC(=O)NCN2C(=Cc3sc4ccc(C)cc4[n+]3C)Sc3ccc(Cl)cc32)C(C)C(=O)[O-])cc1. The number of thiazole rings is 1. The Labute approximate surface area is 253 Å². The van der Waals surface area contributed by atoms with Gasteiger partial charge in [0.15, 0.2) is 0 Å². The second kappa shape index (κ2) is 12.1. The number of nitrogens with one attached hydrogen (secondary N) is 1. The third-order valence-corrected chi connectivity index (χ3v) is 9.66. The number of hydrogen-bond donors (Lipinski definition) is 1. The maximum atomic E-state index is 13.0. The van der Waals surface area contributed by atoms with Crippen LogP contribution in [-0.4, -0.2) is 31.1 Å². The minimum Gasteiger partial charge on any atom is -0.548 e. The molecule has 10 heteroatoms. The summed E-state index contributed by atoms with van der Waals surface area (Å²) in [7, 11) is 2.06. The fourth-order valence-corrected chi connectivity index (χ4v) is 7.13. The van der Waals surface area contributed by atoms with Crippen molar-refractivity contribution < 1.29 is 19.3 Å². The lowest BCUT2D eigenvalue weighted by atomic mass is 10.1. The summed E-state index contributed by atoms with van der Waals surface area (Å²) >= 11 is 9.71. The van der Waals surface area contributed by atoms with E-state index in [2.05, 4.69) is 53.0 Å². The van der Waals surface area contributed by atoms with Crippen LogP contribution in [0.5, 0.6) is 0 Å². The second-order valence-electron chi connectivity index (χ2n) is 10.1. The number of thioether (sulfide) groups is 1. The molecule has 4 aromatic rings. The van der Waals surface area contributed by atoms with Gasteiger partial charge in [-0.15, -0.1) is 0 Å². The van der Waals surface area contributed by atoms with Gasteiger partial charge in [-0.05, 0) is 62.7 Å². The number of benzene rings is 3. The first-order chi connectivity index (χ1) is 19.6. The molecule has 0 spiro atoms. The standard InChI is InChI=1S/C31H31ClN4O3S2/c1-19-5-9-23(10-6-19)35(21(3)31(38)39)14-13-28(37)33-18-36-25-16-22(32)8-12-27(25)41-30(36)17-29-34(4)24-15-20(2)7-11-26(24)40-29/h5-12,15-17,21H,13-14,18H2,1-4H3,(H-,33,37,38,39). The van der Waals surface area contributed by atoms with Gasteiger partial charge in [0.05, 0.1) is 35.5 Å². The lowest BCUT2D eigenvalue weighted by Gasteiger charge is -2.32. The molecule has 1 atom stereocenters. The molecule has 7 nitrogen and oxygen atoms in total. The summed E-state index contributed by atoms with van der Waals surface area (Å²) < 4.78 is 3.39. The zero-order chi connectivity index (χ0) is 29.3. The van der Waals surface area contributed by atoms with Gasteiger partial charge in [-0.2, -0.15) is 4.57 Å². The Morgan fingerprint density at radius 2 is 1.83 bits per heavy atom. The van der Waals surface area contributed by atoms with Crippen molar-refractivity contribution in [1.29, 1.82) is 0 Å². The van der Waals surface area contributed by atoms with Crippen molar-refractivity contribution in [3.8, 4) is 0 Å². The number of fused-ring (bicyclic) bond motifs is 2. The van der Waals surface area contributed by atoms with Crippen LogP contribution in [0.2, 0.25) is 5.02 Å². The van der Waals surface area contributed by atoms with E-state index in [9.17, 15) is 14.7 Å². The van der Waals surface area contributed by atoms with Gasteiger partial charge >= 0.3 is 0 Å². The minimum atomic E-state index is -1.19. The van der Waals surface area contributed by atoms with Crippen molar-refractivity contribution >= 4 is 74.2 Å². The summed E-state index contributed by atoms with van der Waals surface area (Å²) in [5, 5.41) is 17.4. The van der Waals surface area contributed by atoms with Gasteiger partial charge in [0.1, 0.15) is 11.7 Å². The summed E-state index contributed by atoms with van der Waals surface area (Å²) in [6, 6.07) is 18.9. The summed E-state index contributed by atoms with van der Waals surface area (Å²) in [5.41, 5.74) is 5.12. The number of nitrogens with zero attached hydrogens (tertiary/aromatic N) is 3. The van der Waals surface area contributed by atoms with E-state index in [4.69, 9.17) is 11.6 Å². The number of aliphatic carboxylic acids is 1. The molecule has 3 aromatic carbocycles. The number of aryl methyl sites for hydroxylation is 3. The fraction of sp³-hybridized carbons (Fsp3) is 0.258. The van der Waals surface area contributed by atoms with E-state index in [-0.39, 0.29) is 25.5 Å². The largest absolute Gasteiger partial charge is 0.548 e. The number of halogens is 1. The average molecular weight is 607 g/mol. The van der Waals surface area contributed by atoms with Crippen molar-refractivity contribution in [1.82, 2.24) is 5.32 Å². The van der Waals surface area contributed by atoms with E-state index < -0.39 is 12.0 Å². The zero-order valence-corrected chi connectivity index (χ0v) is 25.7. The highest BCUT2D eigenvalue weighted by Gasteiger charge is 2.28. The Balaban J connectivity index is 1.34. The van der Waals surface area contributed by atoms with E-state index in [1.807, 2.05) is 49.4 Å². The van der Waals surface area contributed by atoms with Gasteiger partial charge < -0.3 is 25.0 Å². The van der Waals surface area contributed by atoms with Crippen LogP contribution in [-0.2, 0) is 16.6 Å². The Morgan fingerprint density at radius 3 is 2.56 bits per heavy atom. The molecule has 2 heterocycles. The van der Waals surface area contributed by atoms with Crippen LogP contribution in [0.25, 0.3) is 16.3 Å². The van der Waals surface area contributed by atoms with E-state index in [1.165, 1.54) is 15.8 Å². The Morgan fingerprint density at radius 1 is 1.10 bits per heavy atom. The predicted octanol–water partition coefficient (Wildman–Crippen LogP) is 5.02. The lowest BCUT2D eigenvalue weighted by molar-refractivity contribution is -0.642.